The Morgan fingerprint density at radius 1 is 1.53 bits per heavy atom. The van der Waals surface area contributed by atoms with E-state index in [2.05, 4.69) is 32.3 Å². The van der Waals surface area contributed by atoms with Crippen LogP contribution in [0.15, 0.2) is 6.33 Å². The van der Waals surface area contributed by atoms with Crippen LogP contribution in [0.2, 0.25) is 5.15 Å². The molecule has 3 rings (SSSR count). The standard InChI is InChI=1S/C12H17ClN6/c1-8-10(13)17-12-15-7-16-19(12)11(8)14-5-6-18(2)9-3-4-9/h7,9,14H,3-6H2,1-2H3. The molecule has 1 saturated carbocycles. The third kappa shape index (κ3) is 2.50. The molecule has 1 N–H and O–H groups in total. The lowest BCUT2D eigenvalue weighted by Gasteiger charge is -2.17. The molecule has 0 amide bonds. The van der Waals surface area contributed by atoms with Gasteiger partial charge in [-0.1, -0.05) is 11.6 Å². The Morgan fingerprint density at radius 3 is 3.05 bits per heavy atom. The van der Waals surface area contributed by atoms with Crippen LogP contribution in [-0.4, -0.2) is 50.7 Å². The number of hydrogen-bond donors (Lipinski definition) is 1. The van der Waals surface area contributed by atoms with Crippen molar-refractivity contribution in [1.29, 1.82) is 0 Å². The highest BCUT2D eigenvalue weighted by Crippen LogP contribution is 2.25. The fourth-order valence-corrected chi connectivity index (χ4v) is 2.32. The normalized spacial score (nSPS) is 15.4. The number of nitrogens with one attached hydrogen (secondary N) is 1. The van der Waals surface area contributed by atoms with Gasteiger partial charge >= 0.3 is 0 Å². The number of hydrogen-bond acceptors (Lipinski definition) is 5. The Morgan fingerprint density at radius 2 is 2.32 bits per heavy atom. The molecule has 0 unspecified atom stereocenters. The summed E-state index contributed by atoms with van der Waals surface area (Å²) in [4.78, 5) is 10.6. The lowest BCUT2D eigenvalue weighted by Crippen LogP contribution is -2.27. The molecule has 19 heavy (non-hydrogen) atoms. The van der Waals surface area contributed by atoms with Crippen LogP contribution in [0.1, 0.15) is 18.4 Å². The molecule has 1 aliphatic rings. The Bertz CT molecular complexity index is 591. The molecule has 0 aromatic carbocycles. The summed E-state index contributed by atoms with van der Waals surface area (Å²) in [5.41, 5.74) is 0.897. The van der Waals surface area contributed by atoms with E-state index in [0.717, 1.165) is 30.5 Å². The Kier molecular flexibility index (Phi) is 3.28. The predicted octanol–water partition coefficient (Wildman–Crippen LogP) is 1.59. The lowest BCUT2D eigenvalue weighted by atomic mass is 10.3. The van der Waals surface area contributed by atoms with Gasteiger partial charge in [-0.15, -0.1) is 0 Å². The first kappa shape index (κ1) is 12.6. The molecule has 2 aromatic rings. The predicted molar refractivity (Wildman–Crippen MR) is 74.7 cm³/mol. The van der Waals surface area contributed by atoms with Crippen molar-refractivity contribution in [2.24, 2.45) is 0 Å². The topological polar surface area (TPSA) is 58.4 Å². The van der Waals surface area contributed by atoms with E-state index in [0.29, 0.717) is 10.9 Å². The number of rotatable bonds is 5. The second-order valence-corrected chi connectivity index (χ2v) is 5.34. The minimum absolute atomic E-state index is 0.471. The summed E-state index contributed by atoms with van der Waals surface area (Å²) >= 11 is 6.11. The Hall–Kier alpha value is -1.40. The molecule has 1 aliphatic carbocycles. The van der Waals surface area contributed by atoms with Crippen molar-refractivity contribution in [3.8, 4) is 0 Å². The van der Waals surface area contributed by atoms with Crippen LogP contribution >= 0.6 is 11.6 Å². The van der Waals surface area contributed by atoms with Gasteiger partial charge in [-0.3, -0.25) is 0 Å². The zero-order valence-corrected chi connectivity index (χ0v) is 11.9. The molecule has 102 valence electrons. The number of fused-ring (bicyclic) bond motifs is 1. The quantitative estimate of drug-likeness (QED) is 0.843. The molecule has 1 fully saturated rings. The van der Waals surface area contributed by atoms with E-state index >= 15 is 0 Å². The summed E-state index contributed by atoms with van der Waals surface area (Å²) in [6.07, 6.45) is 4.13. The van der Waals surface area contributed by atoms with E-state index < -0.39 is 0 Å². The average molecular weight is 281 g/mol. The molecule has 0 radical (unpaired) electrons. The Labute approximate surface area is 116 Å². The van der Waals surface area contributed by atoms with Gasteiger partial charge in [-0.05, 0) is 26.8 Å². The maximum absolute atomic E-state index is 6.11. The molecule has 0 bridgehead atoms. The number of likely N-dealkylation sites (N-methyl/N-ethyl adjacent to an activating group) is 1. The van der Waals surface area contributed by atoms with Crippen LogP contribution in [0.4, 0.5) is 5.82 Å². The van der Waals surface area contributed by atoms with Crippen molar-refractivity contribution < 1.29 is 0 Å². The highest BCUT2D eigenvalue weighted by atomic mass is 35.5. The smallest absolute Gasteiger partial charge is 0.255 e. The molecule has 0 atom stereocenters. The van der Waals surface area contributed by atoms with Crippen molar-refractivity contribution in [1.82, 2.24) is 24.5 Å². The summed E-state index contributed by atoms with van der Waals surface area (Å²) in [6, 6.07) is 0.773. The fraction of sp³-hybridized carbons (Fsp3) is 0.583. The summed E-state index contributed by atoms with van der Waals surface area (Å²) < 4.78 is 1.69. The van der Waals surface area contributed by atoms with Gasteiger partial charge in [-0.2, -0.15) is 19.6 Å². The Balaban J connectivity index is 1.75. The first-order valence-corrected chi connectivity index (χ1v) is 6.84. The average Bonchev–Trinajstić information content (AvgIpc) is 3.14. The molecule has 2 heterocycles. The molecule has 2 aromatic heterocycles. The third-order valence-corrected chi connectivity index (χ3v) is 3.90. The van der Waals surface area contributed by atoms with Gasteiger partial charge in [0.2, 0.25) is 0 Å². The first-order chi connectivity index (χ1) is 9.16. The number of anilines is 1. The van der Waals surface area contributed by atoms with E-state index in [-0.39, 0.29) is 0 Å². The molecular formula is C12H17ClN6. The fourth-order valence-electron chi connectivity index (χ4n) is 2.15. The zero-order valence-electron chi connectivity index (χ0n) is 11.1. The number of nitrogens with zero attached hydrogens (tertiary/aromatic N) is 5. The van der Waals surface area contributed by atoms with Gasteiger partial charge < -0.3 is 10.2 Å². The van der Waals surface area contributed by atoms with Gasteiger partial charge in [0.25, 0.3) is 5.78 Å². The second kappa shape index (κ2) is 4.94. The molecule has 6 nitrogen and oxygen atoms in total. The lowest BCUT2D eigenvalue weighted by molar-refractivity contribution is 0.337. The monoisotopic (exact) mass is 280 g/mol. The summed E-state index contributed by atoms with van der Waals surface area (Å²) in [5.74, 6) is 1.39. The van der Waals surface area contributed by atoms with E-state index in [1.807, 2.05) is 6.92 Å². The molecule has 7 heteroatoms. The van der Waals surface area contributed by atoms with E-state index in [9.17, 15) is 0 Å². The number of halogens is 1. The van der Waals surface area contributed by atoms with Crippen LogP contribution in [-0.2, 0) is 0 Å². The van der Waals surface area contributed by atoms with Gasteiger partial charge in [0.1, 0.15) is 17.3 Å². The second-order valence-electron chi connectivity index (χ2n) is 4.99. The number of aromatic nitrogens is 4. The molecular weight excluding hydrogens is 264 g/mol. The van der Waals surface area contributed by atoms with Crippen LogP contribution in [0.5, 0.6) is 0 Å². The van der Waals surface area contributed by atoms with Crippen LogP contribution < -0.4 is 5.32 Å². The van der Waals surface area contributed by atoms with Gasteiger partial charge in [0, 0.05) is 24.7 Å². The highest BCUT2D eigenvalue weighted by Gasteiger charge is 2.25. The minimum Gasteiger partial charge on any atom is -0.368 e. The zero-order chi connectivity index (χ0) is 13.4. The maximum atomic E-state index is 6.11. The van der Waals surface area contributed by atoms with E-state index in [4.69, 9.17) is 11.6 Å². The van der Waals surface area contributed by atoms with Crippen molar-refractivity contribution in [3.05, 3.63) is 17.0 Å². The van der Waals surface area contributed by atoms with Crippen molar-refractivity contribution in [2.45, 2.75) is 25.8 Å². The molecule has 0 aliphatic heterocycles. The van der Waals surface area contributed by atoms with E-state index in [1.54, 1.807) is 4.52 Å². The largest absolute Gasteiger partial charge is 0.368 e. The summed E-state index contributed by atoms with van der Waals surface area (Å²) in [6.45, 7) is 3.78. The van der Waals surface area contributed by atoms with Crippen molar-refractivity contribution in [2.75, 3.05) is 25.5 Å². The molecule has 0 spiro atoms. The van der Waals surface area contributed by atoms with Crippen molar-refractivity contribution >= 4 is 23.2 Å². The third-order valence-electron chi connectivity index (χ3n) is 3.53. The van der Waals surface area contributed by atoms with Gasteiger partial charge in [0.15, 0.2) is 0 Å². The first-order valence-electron chi connectivity index (χ1n) is 6.47. The van der Waals surface area contributed by atoms with Gasteiger partial charge in [-0.25, -0.2) is 0 Å². The van der Waals surface area contributed by atoms with Gasteiger partial charge in [0.05, 0.1) is 0 Å². The van der Waals surface area contributed by atoms with Crippen LogP contribution in [0, 0.1) is 6.92 Å². The summed E-state index contributed by atoms with van der Waals surface area (Å²) in [5, 5.41) is 8.04. The van der Waals surface area contributed by atoms with Crippen LogP contribution in [0.3, 0.4) is 0 Å². The van der Waals surface area contributed by atoms with E-state index in [1.165, 1.54) is 19.2 Å². The minimum atomic E-state index is 0.471. The maximum Gasteiger partial charge on any atom is 0.255 e. The van der Waals surface area contributed by atoms with Crippen LogP contribution in [0.25, 0.3) is 5.78 Å². The molecule has 0 saturated heterocycles. The van der Waals surface area contributed by atoms with Crippen molar-refractivity contribution in [3.63, 3.8) is 0 Å². The SMILES string of the molecule is Cc1c(Cl)nc2ncnn2c1NCCN(C)C1CC1. The summed E-state index contributed by atoms with van der Waals surface area (Å²) in [7, 11) is 2.16. The highest BCUT2D eigenvalue weighted by molar-refractivity contribution is 6.30.